The lowest BCUT2D eigenvalue weighted by molar-refractivity contribution is 0.125. The Bertz CT molecular complexity index is 418. The Morgan fingerprint density at radius 1 is 1.05 bits per heavy atom. The predicted octanol–water partition coefficient (Wildman–Crippen LogP) is 4.43. The lowest BCUT2D eigenvalue weighted by Crippen LogP contribution is -2.46. The van der Waals surface area contributed by atoms with Crippen molar-refractivity contribution >= 4 is 40.7 Å². The quantitative estimate of drug-likeness (QED) is 0.814. The minimum absolute atomic E-state index is 0. The van der Waals surface area contributed by atoms with E-state index < -0.39 is 0 Å². The summed E-state index contributed by atoms with van der Waals surface area (Å²) in [4.78, 5) is 2.70. The van der Waals surface area contributed by atoms with E-state index >= 15 is 0 Å². The van der Waals surface area contributed by atoms with Crippen LogP contribution in [0.15, 0.2) is 28.7 Å². The van der Waals surface area contributed by atoms with Gasteiger partial charge >= 0.3 is 0 Å². The van der Waals surface area contributed by atoms with Gasteiger partial charge in [0, 0.05) is 36.7 Å². The molecule has 2 aliphatic rings. The fourth-order valence-electron chi connectivity index (χ4n) is 3.70. The summed E-state index contributed by atoms with van der Waals surface area (Å²) < 4.78 is 1.28. The van der Waals surface area contributed by atoms with Crippen molar-refractivity contribution in [3.05, 3.63) is 34.3 Å². The van der Waals surface area contributed by atoms with E-state index in [1.807, 2.05) is 0 Å². The van der Waals surface area contributed by atoms with E-state index in [1.54, 1.807) is 0 Å². The fourth-order valence-corrected chi connectivity index (χ4v) is 4.22. The van der Waals surface area contributed by atoms with Crippen molar-refractivity contribution in [3.8, 4) is 0 Å². The molecule has 1 aliphatic heterocycles. The molecule has 1 aliphatic carbocycles. The Morgan fingerprint density at radius 2 is 1.67 bits per heavy atom. The molecule has 1 saturated carbocycles. The van der Waals surface area contributed by atoms with E-state index in [2.05, 4.69) is 50.4 Å². The zero-order valence-electron chi connectivity index (χ0n) is 12.3. The summed E-state index contributed by atoms with van der Waals surface area (Å²) in [6, 6.07) is 9.43. The standard InChI is InChI=1S/C16H23BrN2.2ClH/c17-15-8-4-3-7-14(15)16(13-5-1-2-6-13)19-11-9-18-10-12-19;;/h3-4,7-8,13,16,18H,1-2,5-6,9-12H2;2*1H/t16-;;/m1../s1. The van der Waals surface area contributed by atoms with Gasteiger partial charge in [-0.25, -0.2) is 0 Å². The van der Waals surface area contributed by atoms with Crippen LogP contribution in [-0.4, -0.2) is 31.1 Å². The maximum atomic E-state index is 3.77. The second kappa shape index (κ2) is 9.36. The number of hydrogen-bond donors (Lipinski definition) is 1. The van der Waals surface area contributed by atoms with E-state index in [4.69, 9.17) is 0 Å². The number of piperazine rings is 1. The third kappa shape index (κ3) is 4.59. The molecule has 0 radical (unpaired) electrons. The van der Waals surface area contributed by atoms with Gasteiger partial charge in [0.1, 0.15) is 0 Å². The van der Waals surface area contributed by atoms with Gasteiger partial charge in [0.25, 0.3) is 0 Å². The fraction of sp³-hybridized carbons (Fsp3) is 0.625. The molecule has 120 valence electrons. The van der Waals surface area contributed by atoms with Crippen LogP contribution in [-0.2, 0) is 0 Å². The molecule has 1 atom stereocenters. The number of benzene rings is 1. The van der Waals surface area contributed by atoms with Gasteiger partial charge in [-0.1, -0.05) is 47.0 Å². The summed E-state index contributed by atoms with van der Waals surface area (Å²) in [7, 11) is 0. The molecule has 1 aromatic rings. The van der Waals surface area contributed by atoms with Crippen molar-refractivity contribution < 1.29 is 0 Å². The normalized spacial score (nSPS) is 21.4. The molecule has 0 unspecified atom stereocenters. The first-order valence-corrected chi connectivity index (χ1v) is 8.35. The van der Waals surface area contributed by atoms with Crippen LogP contribution in [0.25, 0.3) is 0 Å². The van der Waals surface area contributed by atoms with Crippen molar-refractivity contribution in [2.24, 2.45) is 5.92 Å². The highest BCUT2D eigenvalue weighted by Gasteiger charge is 2.32. The number of rotatable bonds is 3. The van der Waals surface area contributed by atoms with Crippen LogP contribution >= 0.6 is 40.7 Å². The summed E-state index contributed by atoms with van der Waals surface area (Å²) in [6.07, 6.45) is 5.63. The summed E-state index contributed by atoms with van der Waals surface area (Å²) >= 11 is 3.77. The van der Waals surface area contributed by atoms with Crippen molar-refractivity contribution in [1.29, 1.82) is 0 Å². The summed E-state index contributed by atoms with van der Waals surface area (Å²) in [5.74, 6) is 0.844. The van der Waals surface area contributed by atoms with Crippen LogP contribution in [0.2, 0.25) is 0 Å². The molecular weight excluding hydrogens is 371 g/mol. The first-order chi connectivity index (χ1) is 9.36. The van der Waals surface area contributed by atoms with E-state index in [9.17, 15) is 0 Å². The number of hydrogen-bond acceptors (Lipinski definition) is 2. The monoisotopic (exact) mass is 394 g/mol. The summed E-state index contributed by atoms with van der Waals surface area (Å²) in [5, 5.41) is 3.47. The van der Waals surface area contributed by atoms with E-state index in [0.29, 0.717) is 6.04 Å². The molecule has 0 bridgehead atoms. The Balaban J connectivity index is 0.00000110. The molecular formula is C16H25BrCl2N2. The first kappa shape index (κ1) is 19.2. The van der Waals surface area contributed by atoms with Gasteiger partial charge in [-0.2, -0.15) is 0 Å². The van der Waals surface area contributed by atoms with Gasteiger partial charge < -0.3 is 5.32 Å². The van der Waals surface area contributed by atoms with Gasteiger partial charge in [0.05, 0.1) is 0 Å². The van der Waals surface area contributed by atoms with Crippen LogP contribution in [0.5, 0.6) is 0 Å². The molecule has 1 aromatic carbocycles. The second-order valence-electron chi connectivity index (χ2n) is 5.80. The Morgan fingerprint density at radius 3 is 2.29 bits per heavy atom. The molecule has 21 heavy (non-hydrogen) atoms. The molecule has 3 rings (SSSR count). The van der Waals surface area contributed by atoms with Gasteiger partial charge in [0.2, 0.25) is 0 Å². The SMILES string of the molecule is Brc1ccccc1[C@@H](C1CCCC1)N1CCNCC1.Cl.Cl. The minimum atomic E-state index is 0. The Hall–Kier alpha value is 0.200. The molecule has 2 fully saturated rings. The van der Waals surface area contributed by atoms with E-state index in [1.165, 1.54) is 48.8 Å². The highest BCUT2D eigenvalue weighted by molar-refractivity contribution is 9.10. The van der Waals surface area contributed by atoms with Crippen molar-refractivity contribution in [2.75, 3.05) is 26.2 Å². The largest absolute Gasteiger partial charge is 0.314 e. The Labute approximate surface area is 149 Å². The van der Waals surface area contributed by atoms with Crippen molar-refractivity contribution in [1.82, 2.24) is 10.2 Å². The lowest BCUT2D eigenvalue weighted by atomic mass is 9.90. The summed E-state index contributed by atoms with van der Waals surface area (Å²) in [5.41, 5.74) is 1.50. The highest BCUT2D eigenvalue weighted by atomic mass is 79.9. The molecule has 2 nitrogen and oxygen atoms in total. The van der Waals surface area contributed by atoms with Crippen LogP contribution < -0.4 is 5.32 Å². The topological polar surface area (TPSA) is 15.3 Å². The maximum Gasteiger partial charge on any atom is 0.0388 e. The van der Waals surface area contributed by atoms with Gasteiger partial charge in [-0.05, 0) is 30.4 Å². The van der Waals surface area contributed by atoms with Crippen molar-refractivity contribution in [2.45, 2.75) is 31.7 Å². The van der Waals surface area contributed by atoms with Crippen molar-refractivity contribution in [3.63, 3.8) is 0 Å². The first-order valence-electron chi connectivity index (χ1n) is 7.55. The number of nitrogens with one attached hydrogen (secondary N) is 1. The zero-order chi connectivity index (χ0) is 13.1. The zero-order valence-corrected chi connectivity index (χ0v) is 15.5. The molecule has 0 amide bonds. The molecule has 5 heteroatoms. The Kier molecular flexibility index (Phi) is 8.58. The van der Waals surface area contributed by atoms with E-state index in [0.717, 1.165) is 19.0 Å². The van der Waals surface area contributed by atoms with Gasteiger partial charge in [-0.3, -0.25) is 4.90 Å². The lowest BCUT2D eigenvalue weighted by Gasteiger charge is -2.39. The third-order valence-electron chi connectivity index (χ3n) is 4.62. The minimum Gasteiger partial charge on any atom is -0.314 e. The predicted molar refractivity (Wildman–Crippen MR) is 97.8 cm³/mol. The smallest absolute Gasteiger partial charge is 0.0388 e. The molecule has 0 aromatic heterocycles. The average Bonchev–Trinajstić information content (AvgIpc) is 2.96. The maximum absolute atomic E-state index is 3.77. The van der Waals surface area contributed by atoms with Crippen LogP contribution in [0.1, 0.15) is 37.3 Å². The van der Waals surface area contributed by atoms with Crippen LogP contribution in [0, 0.1) is 5.92 Å². The molecule has 0 spiro atoms. The van der Waals surface area contributed by atoms with E-state index in [-0.39, 0.29) is 24.8 Å². The van der Waals surface area contributed by atoms with Crippen LogP contribution in [0.3, 0.4) is 0 Å². The second-order valence-corrected chi connectivity index (χ2v) is 6.65. The van der Waals surface area contributed by atoms with Gasteiger partial charge in [-0.15, -0.1) is 24.8 Å². The molecule has 1 saturated heterocycles. The summed E-state index contributed by atoms with van der Waals surface area (Å²) in [6.45, 7) is 4.63. The van der Waals surface area contributed by atoms with Gasteiger partial charge in [0.15, 0.2) is 0 Å². The molecule has 1 heterocycles. The molecule has 1 N–H and O–H groups in total. The van der Waals surface area contributed by atoms with Crippen LogP contribution in [0.4, 0.5) is 0 Å². The average molecular weight is 396 g/mol. The highest BCUT2D eigenvalue weighted by Crippen LogP contribution is 2.41. The number of halogens is 3. The third-order valence-corrected chi connectivity index (χ3v) is 5.34. The number of nitrogens with zero attached hydrogens (tertiary/aromatic N) is 1.